The summed E-state index contributed by atoms with van der Waals surface area (Å²) in [7, 11) is 3.56. The molecule has 6 unspecified atom stereocenters. The molecule has 4 aliphatic rings. The van der Waals surface area contributed by atoms with Gasteiger partial charge in [-0.15, -0.1) is 0 Å². The number of nitrogens with zero attached hydrogens (tertiary/aromatic N) is 3. The quantitative estimate of drug-likeness (QED) is 0.0767. The maximum atomic E-state index is 14.0. The number of carbonyl (C=O) groups excluding carboxylic acids is 3. The molecule has 280 valence electrons. The number of amides is 3. The lowest BCUT2D eigenvalue weighted by molar-refractivity contribution is -0.153. The standard InChI is InChI=1S/C35H51N7O9/c1-20-10-11-24(49-4)29-28(20)34-14-17-41(3)21(2)35(34,48)13-12-25(30(34)51-29)50-33(47)42-16-6-5-8-22(42)19-39-31(46)23(9-7-15-38-32(36)37)40-26(43)18-27(44)45/h10-12,21-23,30,48H,5-9,13-19H2,1-4H3,(H,39,46)(H,40,43)(H,44,45)(H4,36,37,38). The molecule has 0 saturated carbocycles. The van der Waals surface area contributed by atoms with Crippen molar-refractivity contribution < 1.29 is 43.6 Å². The van der Waals surface area contributed by atoms with E-state index in [1.165, 1.54) is 0 Å². The highest BCUT2D eigenvalue weighted by atomic mass is 16.6. The molecule has 16 nitrogen and oxygen atoms in total. The number of aliphatic hydroxyl groups is 1. The maximum Gasteiger partial charge on any atom is 0.415 e. The molecule has 2 fully saturated rings. The molecule has 5 rings (SSSR count). The summed E-state index contributed by atoms with van der Waals surface area (Å²) in [6.45, 7) is 5.40. The second-order valence-electron chi connectivity index (χ2n) is 14.0. The van der Waals surface area contributed by atoms with Crippen LogP contribution in [0.25, 0.3) is 0 Å². The highest BCUT2D eigenvalue weighted by Crippen LogP contribution is 2.62. The molecule has 6 atom stereocenters. The number of carboxylic acids is 1. The Labute approximate surface area is 297 Å². The Morgan fingerprint density at radius 2 is 1.96 bits per heavy atom. The van der Waals surface area contributed by atoms with Crippen LogP contribution in [0.1, 0.15) is 69.4 Å². The van der Waals surface area contributed by atoms with Crippen LogP contribution in [0.15, 0.2) is 29.0 Å². The molecule has 16 heteroatoms. The number of aryl methyl sites for hydroxylation is 1. The number of piperidine rings is 2. The number of fused-ring (bicyclic) bond motifs is 1. The van der Waals surface area contributed by atoms with Crippen molar-refractivity contribution >= 4 is 29.8 Å². The van der Waals surface area contributed by atoms with Gasteiger partial charge in [-0.1, -0.05) is 6.07 Å². The number of rotatable bonds is 12. The molecule has 3 aliphatic heterocycles. The third kappa shape index (κ3) is 7.29. The number of benzene rings is 1. The first-order valence-corrected chi connectivity index (χ1v) is 17.5. The molecule has 1 aromatic rings. The lowest BCUT2D eigenvalue weighted by Crippen LogP contribution is -2.71. The Kier molecular flexibility index (Phi) is 11.3. The average Bonchev–Trinajstić information content (AvgIpc) is 3.45. The van der Waals surface area contributed by atoms with Crippen molar-refractivity contribution in [3.63, 3.8) is 0 Å². The summed E-state index contributed by atoms with van der Waals surface area (Å²) in [5.74, 6) is -1.34. The fraction of sp³-hybridized carbons (Fsp3) is 0.629. The van der Waals surface area contributed by atoms with Crippen LogP contribution in [0.2, 0.25) is 0 Å². The van der Waals surface area contributed by atoms with E-state index >= 15 is 0 Å². The molecular weight excluding hydrogens is 662 g/mol. The summed E-state index contributed by atoms with van der Waals surface area (Å²) in [6, 6.07) is 2.14. The van der Waals surface area contributed by atoms with Crippen LogP contribution in [0.5, 0.6) is 11.5 Å². The largest absolute Gasteiger partial charge is 0.493 e. The van der Waals surface area contributed by atoms with E-state index in [0.717, 1.165) is 24.0 Å². The van der Waals surface area contributed by atoms with Gasteiger partial charge < -0.3 is 56.3 Å². The van der Waals surface area contributed by atoms with E-state index in [1.54, 1.807) is 18.1 Å². The van der Waals surface area contributed by atoms with Gasteiger partial charge in [0.25, 0.3) is 0 Å². The normalized spacial score (nSPS) is 27.4. The number of carboxylic acid groups (broad SMARTS) is 1. The fourth-order valence-corrected chi connectivity index (χ4v) is 8.26. The summed E-state index contributed by atoms with van der Waals surface area (Å²) < 4.78 is 18.5. The number of nitrogens with one attached hydrogen (secondary N) is 2. The number of likely N-dealkylation sites (N-methyl/N-ethyl adjacent to an activating group) is 1. The van der Waals surface area contributed by atoms with Gasteiger partial charge in [0.2, 0.25) is 11.8 Å². The third-order valence-electron chi connectivity index (χ3n) is 11.0. The number of hydrogen-bond donors (Lipinski definition) is 6. The zero-order valence-electron chi connectivity index (χ0n) is 29.8. The van der Waals surface area contributed by atoms with Crippen molar-refractivity contribution in [1.82, 2.24) is 20.4 Å². The zero-order chi connectivity index (χ0) is 37.1. The smallest absolute Gasteiger partial charge is 0.415 e. The Morgan fingerprint density at radius 3 is 2.67 bits per heavy atom. The highest BCUT2D eigenvalue weighted by Gasteiger charge is 2.69. The van der Waals surface area contributed by atoms with E-state index in [1.807, 2.05) is 33.0 Å². The molecular formula is C35H51N7O9. The van der Waals surface area contributed by atoms with Gasteiger partial charge in [-0.25, -0.2) is 4.79 Å². The fourth-order valence-electron chi connectivity index (χ4n) is 8.26. The van der Waals surface area contributed by atoms with Crippen LogP contribution in [-0.4, -0.2) is 120 Å². The first kappa shape index (κ1) is 37.7. The molecule has 1 aromatic carbocycles. The second kappa shape index (κ2) is 15.4. The van der Waals surface area contributed by atoms with Crippen molar-refractivity contribution in [2.45, 2.75) is 100 Å². The number of likely N-dealkylation sites (tertiary alicyclic amines) is 2. The summed E-state index contributed by atoms with van der Waals surface area (Å²) >= 11 is 0. The van der Waals surface area contributed by atoms with Gasteiger partial charge >= 0.3 is 12.1 Å². The van der Waals surface area contributed by atoms with Gasteiger partial charge in [0, 0.05) is 37.7 Å². The minimum absolute atomic E-state index is 0.0848. The van der Waals surface area contributed by atoms with Crippen molar-refractivity contribution in [2.24, 2.45) is 16.5 Å². The highest BCUT2D eigenvalue weighted by molar-refractivity contribution is 5.96. The lowest BCUT2D eigenvalue weighted by Gasteiger charge is -2.58. The van der Waals surface area contributed by atoms with Gasteiger partial charge in [-0.3, -0.25) is 19.4 Å². The van der Waals surface area contributed by atoms with E-state index in [9.17, 15) is 24.3 Å². The Morgan fingerprint density at radius 1 is 1.20 bits per heavy atom. The molecule has 0 bridgehead atoms. The van der Waals surface area contributed by atoms with Crippen LogP contribution < -0.4 is 31.6 Å². The maximum absolute atomic E-state index is 14.0. The SMILES string of the molecule is COc1ccc(C)c2c1OC1C(OC(=O)N3CCCCC3CNC(=O)C(CCCN=C(N)N)NC(=O)CC(=O)O)=CCC3(O)C(C)N(C)CCC213. The molecule has 3 heterocycles. The van der Waals surface area contributed by atoms with Crippen molar-refractivity contribution in [2.75, 3.05) is 40.3 Å². The number of hydrogen-bond acceptors (Lipinski definition) is 10. The molecule has 1 aliphatic carbocycles. The molecule has 3 amide bonds. The zero-order valence-corrected chi connectivity index (χ0v) is 29.8. The average molecular weight is 714 g/mol. The summed E-state index contributed by atoms with van der Waals surface area (Å²) in [6.07, 6.45) is 3.10. The summed E-state index contributed by atoms with van der Waals surface area (Å²) in [5, 5.41) is 26.9. The first-order valence-electron chi connectivity index (χ1n) is 17.5. The van der Waals surface area contributed by atoms with Gasteiger partial charge in [0.1, 0.15) is 18.2 Å². The summed E-state index contributed by atoms with van der Waals surface area (Å²) in [5.41, 5.74) is 10.5. The van der Waals surface area contributed by atoms with E-state index < -0.39 is 59.5 Å². The monoisotopic (exact) mass is 713 g/mol. The van der Waals surface area contributed by atoms with Crippen LogP contribution in [0.3, 0.4) is 0 Å². The predicted octanol–water partition coefficient (Wildman–Crippen LogP) is 0.866. The Hall–Kier alpha value is -4.57. The second-order valence-corrected chi connectivity index (χ2v) is 14.0. The van der Waals surface area contributed by atoms with E-state index in [-0.39, 0.29) is 37.9 Å². The molecule has 0 aromatic heterocycles. The third-order valence-corrected chi connectivity index (χ3v) is 11.0. The topological polar surface area (TPSA) is 231 Å². The number of aliphatic imine (C=N–C) groups is 1. The molecule has 8 N–H and O–H groups in total. The number of nitrogens with two attached hydrogens (primary N) is 2. The molecule has 1 spiro atoms. The van der Waals surface area contributed by atoms with Crippen molar-refractivity contribution in [3.8, 4) is 11.5 Å². The first-order chi connectivity index (χ1) is 24.2. The minimum Gasteiger partial charge on any atom is -0.493 e. The molecule has 0 radical (unpaired) electrons. The lowest BCUT2D eigenvalue weighted by atomic mass is 9.54. The number of ether oxygens (including phenoxy) is 3. The molecule has 2 saturated heterocycles. The summed E-state index contributed by atoms with van der Waals surface area (Å²) in [4.78, 5) is 58.2. The van der Waals surface area contributed by atoms with Crippen LogP contribution in [0.4, 0.5) is 4.79 Å². The number of guanidine groups is 1. The van der Waals surface area contributed by atoms with Gasteiger partial charge in [-0.05, 0) is 83.7 Å². The van der Waals surface area contributed by atoms with Gasteiger partial charge in [0.15, 0.2) is 23.6 Å². The molecule has 51 heavy (non-hydrogen) atoms. The van der Waals surface area contributed by atoms with E-state index in [0.29, 0.717) is 49.6 Å². The number of carbonyl (C=O) groups is 4. The van der Waals surface area contributed by atoms with Gasteiger partial charge in [-0.2, -0.15) is 0 Å². The van der Waals surface area contributed by atoms with Crippen LogP contribution in [0, 0.1) is 6.92 Å². The predicted molar refractivity (Wildman–Crippen MR) is 186 cm³/mol. The minimum atomic E-state index is -1.32. The van der Waals surface area contributed by atoms with Crippen LogP contribution in [-0.2, 0) is 24.5 Å². The van der Waals surface area contributed by atoms with Crippen molar-refractivity contribution in [3.05, 3.63) is 35.1 Å². The van der Waals surface area contributed by atoms with E-state index in [2.05, 4.69) is 20.5 Å². The van der Waals surface area contributed by atoms with Gasteiger partial charge in [0.05, 0.1) is 24.2 Å². The Bertz CT molecular complexity index is 1580. The number of aliphatic carboxylic acids is 1. The number of methoxy groups -OCH3 is 1. The van der Waals surface area contributed by atoms with E-state index in [4.69, 9.17) is 30.8 Å². The Balaban J connectivity index is 1.33. The van der Waals surface area contributed by atoms with Crippen molar-refractivity contribution in [1.29, 1.82) is 0 Å². The van der Waals surface area contributed by atoms with Crippen LogP contribution >= 0.6 is 0 Å².